The number of aliphatic hydroxyl groups is 1. The zero-order chi connectivity index (χ0) is 25.9. The number of carbonyl (C=O) groups is 1. The minimum atomic E-state index is -0.869. The van der Waals surface area contributed by atoms with Gasteiger partial charge in [-0.25, -0.2) is 0 Å². The molecular weight excluding hydrogens is 440 g/mol. The highest BCUT2D eigenvalue weighted by atomic mass is 16.5. The predicted octanol–water partition coefficient (Wildman–Crippen LogP) is 6.30. The average Bonchev–Trinajstić information content (AvgIpc) is 2.78. The molecule has 5 heteroatoms. The molecule has 0 radical (unpaired) electrons. The zero-order valence-electron chi connectivity index (χ0n) is 21.3. The van der Waals surface area contributed by atoms with Gasteiger partial charge in [-0.05, 0) is 88.4 Å². The number of ether oxygens (including phenoxy) is 1. The molecule has 0 saturated carbocycles. The maximum atomic E-state index is 13.1. The molecule has 1 aliphatic rings. The second kappa shape index (κ2) is 11.0. The third kappa shape index (κ3) is 6.23. The zero-order valence-corrected chi connectivity index (χ0v) is 21.3. The Hall–Kier alpha value is -3.31. The van der Waals surface area contributed by atoms with Crippen molar-refractivity contribution in [3.63, 3.8) is 0 Å². The molecule has 2 aromatic rings. The number of ketones is 1. The number of rotatable bonds is 8. The van der Waals surface area contributed by atoms with Crippen molar-refractivity contribution in [2.75, 3.05) is 0 Å². The molecule has 1 aliphatic heterocycles. The van der Waals surface area contributed by atoms with Crippen molar-refractivity contribution >= 4 is 5.78 Å². The van der Waals surface area contributed by atoms with Crippen LogP contribution in [-0.4, -0.2) is 27.2 Å². The van der Waals surface area contributed by atoms with Crippen LogP contribution in [0.2, 0.25) is 0 Å². The number of carbonyl (C=O) groups excluding carboxylic acids is 1. The lowest BCUT2D eigenvalue weighted by Crippen LogP contribution is -2.23. The molecule has 186 valence electrons. The Kier molecular flexibility index (Phi) is 8.23. The van der Waals surface area contributed by atoms with E-state index in [2.05, 4.69) is 18.7 Å². The van der Waals surface area contributed by atoms with Gasteiger partial charge >= 0.3 is 0 Å². The number of aliphatic hydroxyl groups excluding tert-OH is 1. The van der Waals surface area contributed by atoms with E-state index < -0.39 is 12.2 Å². The monoisotopic (exact) mass is 476 g/mol. The number of Topliss-reactive ketones (excluding diaryl/α,β-unsaturated/α-hetero) is 1. The summed E-state index contributed by atoms with van der Waals surface area (Å²) < 4.78 is 6.35. The van der Waals surface area contributed by atoms with Gasteiger partial charge in [-0.3, -0.25) is 4.79 Å². The maximum Gasteiger partial charge on any atom is 0.170 e. The summed E-state index contributed by atoms with van der Waals surface area (Å²) in [5.74, 6) is 0.439. The summed E-state index contributed by atoms with van der Waals surface area (Å²) in [5.41, 5.74) is 6.00. The van der Waals surface area contributed by atoms with Crippen molar-refractivity contribution in [3.05, 3.63) is 87.5 Å². The SMILES string of the molecule is C=C(C)[C@H](O)Cc1c(O)ccc2c1O[C@H](c1cc(CC=C(C)C)c(O)c(CC=C(C)C)c1)CC2=O. The van der Waals surface area contributed by atoms with Crippen molar-refractivity contribution in [1.29, 1.82) is 0 Å². The fourth-order valence-electron chi connectivity index (χ4n) is 4.10. The van der Waals surface area contributed by atoms with Crippen LogP contribution in [0.4, 0.5) is 0 Å². The van der Waals surface area contributed by atoms with E-state index in [1.165, 1.54) is 6.07 Å². The molecule has 0 fully saturated rings. The summed E-state index contributed by atoms with van der Waals surface area (Å²) in [6, 6.07) is 6.83. The van der Waals surface area contributed by atoms with Gasteiger partial charge in [0.2, 0.25) is 0 Å². The van der Waals surface area contributed by atoms with Crippen LogP contribution in [0.15, 0.2) is 59.7 Å². The van der Waals surface area contributed by atoms with Crippen molar-refractivity contribution in [3.8, 4) is 17.2 Å². The minimum absolute atomic E-state index is 0.0308. The van der Waals surface area contributed by atoms with E-state index in [0.717, 1.165) is 27.8 Å². The molecule has 3 N–H and O–H groups in total. The number of phenols is 2. The number of hydrogen-bond donors (Lipinski definition) is 3. The quantitative estimate of drug-likeness (QED) is 0.389. The number of hydrogen-bond acceptors (Lipinski definition) is 5. The van der Waals surface area contributed by atoms with Gasteiger partial charge < -0.3 is 20.1 Å². The Bertz CT molecular complexity index is 1150. The maximum absolute atomic E-state index is 13.1. The van der Waals surface area contributed by atoms with Crippen LogP contribution >= 0.6 is 0 Å². The summed E-state index contributed by atoms with van der Waals surface area (Å²) >= 11 is 0. The molecule has 35 heavy (non-hydrogen) atoms. The van der Waals surface area contributed by atoms with Gasteiger partial charge in [-0.15, -0.1) is 0 Å². The first kappa shape index (κ1) is 26.3. The van der Waals surface area contributed by atoms with Crippen molar-refractivity contribution < 1.29 is 24.9 Å². The molecular formula is C30H36O5. The van der Waals surface area contributed by atoms with Gasteiger partial charge in [0.25, 0.3) is 0 Å². The highest BCUT2D eigenvalue weighted by molar-refractivity contribution is 6.00. The highest BCUT2D eigenvalue weighted by Crippen LogP contribution is 2.42. The van der Waals surface area contributed by atoms with Crippen LogP contribution in [0.25, 0.3) is 0 Å². The van der Waals surface area contributed by atoms with E-state index in [1.54, 1.807) is 13.0 Å². The Labute approximate surface area is 208 Å². The van der Waals surface area contributed by atoms with Gasteiger partial charge in [-0.2, -0.15) is 0 Å². The van der Waals surface area contributed by atoms with Gasteiger partial charge in [0.1, 0.15) is 23.4 Å². The smallest absolute Gasteiger partial charge is 0.170 e. The van der Waals surface area contributed by atoms with Crippen LogP contribution < -0.4 is 4.74 Å². The van der Waals surface area contributed by atoms with E-state index in [4.69, 9.17) is 4.74 Å². The fraction of sp³-hybridized carbons (Fsp3) is 0.367. The van der Waals surface area contributed by atoms with Crippen LogP contribution in [0.1, 0.15) is 79.8 Å². The van der Waals surface area contributed by atoms with Gasteiger partial charge in [-0.1, -0.05) is 35.5 Å². The number of allylic oxidation sites excluding steroid dienone is 4. The molecule has 0 bridgehead atoms. The molecule has 0 aromatic heterocycles. The summed E-state index contributed by atoms with van der Waals surface area (Å²) in [5, 5.41) is 31.9. The van der Waals surface area contributed by atoms with E-state index in [1.807, 2.05) is 39.8 Å². The van der Waals surface area contributed by atoms with Crippen molar-refractivity contribution in [2.24, 2.45) is 0 Å². The first-order valence-electron chi connectivity index (χ1n) is 12.0. The molecule has 2 atom stereocenters. The molecule has 0 aliphatic carbocycles. The molecule has 2 aromatic carbocycles. The van der Waals surface area contributed by atoms with Gasteiger partial charge in [0.15, 0.2) is 5.78 Å². The molecule has 0 unspecified atom stereocenters. The number of phenolic OH excluding ortho intramolecular Hbond substituents is 2. The first-order valence-corrected chi connectivity index (χ1v) is 12.0. The van der Waals surface area contributed by atoms with Crippen LogP contribution in [0.5, 0.6) is 17.2 Å². The normalized spacial score (nSPS) is 15.6. The minimum Gasteiger partial charge on any atom is -0.508 e. The summed E-state index contributed by atoms with van der Waals surface area (Å²) in [6.07, 6.45) is 4.05. The third-order valence-electron chi connectivity index (χ3n) is 6.26. The Morgan fingerprint density at radius 2 is 1.63 bits per heavy atom. The number of benzene rings is 2. The van der Waals surface area contributed by atoms with Crippen LogP contribution in [0, 0.1) is 0 Å². The van der Waals surface area contributed by atoms with Crippen molar-refractivity contribution in [2.45, 2.75) is 72.5 Å². The average molecular weight is 477 g/mol. The van der Waals surface area contributed by atoms with E-state index in [9.17, 15) is 20.1 Å². The van der Waals surface area contributed by atoms with Gasteiger partial charge in [0, 0.05) is 12.0 Å². The molecule has 3 rings (SSSR count). The largest absolute Gasteiger partial charge is 0.508 e. The summed E-state index contributed by atoms with van der Waals surface area (Å²) in [4.78, 5) is 13.1. The lowest BCUT2D eigenvalue weighted by molar-refractivity contribution is 0.0844. The lowest BCUT2D eigenvalue weighted by Gasteiger charge is -2.29. The third-order valence-corrected chi connectivity index (χ3v) is 6.26. The molecule has 0 spiro atoms. The van der Waals surface area contributed by atoms with Gasteiger partial charge in [0.05, 0.1) is 18.1 Å². The Morgan fingerprint density at radius 1 is 1.06 bits per heavy atom. The highest BCUT2D eigenvalue weighted by Gasteiger charge is 2.32. The number of fused-ring (bicyclic) bond motifs is 1. The summed E-state index contributed by atoms with van der Waals surface area (Å²) in [6.45, 7) is 13.5. The second-order valence-corrected chi connectivity index (χ2v) is 9.90. The van der Waals surface area contributed by atoms with Crippen molar-refractivity contribution in [1.82, 2.24) is 0 Å². The standard InChI is InChI=1S/C30H36O5/c1-17(2)7-9-20-13-22(14-21(29(20)34)10-8-18(3)4)28-16-27(33)23-11-12-25(31)24(30(23)35-28)15-26(32)19(5)6/h7-8,11-14,26,28,31-32,34H,5,9-10,15-16H2,1-4,6H3/t26-,28+/m1/s1. The Morgan fingerprint density at radius 3 is 2.14 bits per heavy atom. The number of aromatic hydroxyl groups is 2. The molecule has 0 amide bonds. The van der Waals surface area contributed by atoms with E-state index in [-0.39, 0.29) is 30.1 Å². The van der Waals surface area contributed by atoms with E-state index >= 15 is 0 Å². The van der Waals surface area contributed by atoms with Crippen LogP contribution in [-0.2, 0) is 19.3 Å². The van der Waals surface area contributed by atoms with Crippen LogP contribution in [0.3, 0.4) is 0 Å². The van der Waals surface area contributed by atoms with E-state index in [0.29, 0.717) is 35.3 Å². The fourth-order valence-corrected chi connectivity index (χ4v) is 4.10. The predicted molar refractivity (Wildman–Crippen MR) is 139 cm³/mol. The molecule has 1 heterocycles. The molecule has 0 saturated heterocycles. The lowest BCUT2D eigenvalue weighted by atomic mass is 9.89. The second-order valence-electron chi connectivity index (χ2n) is 9.90. The topological polar surface area (TPSA) is 87.0 Å². The molecule has 5 nitrogen and oxygen atoms in total. The summed E-state index contributed by atoms with van der Waals surface area (Å²) in [7, 11) is 0. The first-order chi connectivity index (χ1) is 16.5. The Balaban J connectivity index is 2.07.